The summed E-state index contributed by atoms with van der Waals surface area (Å²) in [6.45, 7) is 6.78. The molecule has 0 saturated heterocycles. The van der Waals surface area contributed by atoms with Crippen molar-refractivity contribution in [2.24, 2.45) is 0 Å². The summed E-state index contributed by atoms with van der Waals surface area (Å²) in [4.78, 5) is 13.3. The Morgan fingerprint density at radius 2 is 1.87 bits per heavy atom. The lowest BCUT2D eigenvalue weighted by atomic mass is 10.1. The monoisotopic (exact) mass is 457 g/mol. The smallest absolute Gasteiger partial charge is 0.268 e. The number of benzene rings is 2. The number of carbonyl (C=O) groups excluding carboxylic acids is 1. The van der Waals surface area contributed by atoms with Crippen LogP contribution >= 0.6 is 22.9 Å². The molecule has 0 spiro atoms. The number of amides is 1. The molecule has 4 rings (SSSR count). The fraction of sp³-hybridized carbons (Fsp3) is 0.227. The van der Waals surface area contributed by atoms with Crippen molar-refractivity contribution < 1.29 is 18.9 Å². The number of hydrogen-bond acceptors (Lipinski definition) is 7. The van der Waals surface area contributed by atoms with E-state index in [0.29, 0.717) is 45.9 Å². The van der Waals surface area contributed by atoms with Crippen molar-refractivity contribution in [3.63, 3.8) is 0 Å². The molecule has 1 N–H and O–H groups in total. The maximum atomic E-state index is 12.9. The zero-order chi connectivity index (χ0) is 22.0. The summed E-state index contributed by atoms with van der Waals surface area (Å²) in [7, 11) is 0. The molecule has 2 heterocycles. The van der Waals surface area contributed by atoms with E-state index in [2.05, 4.69) is 15.6 Å². The van der Waals surface area contributed by atoms with E-state index in [1.54, 1.807) is 18.2 Å². The minimum absolute atomic E-state index is 0.196. The summed E-state index contributed by atoms with van der Waals surface area (Å²) in [6.07, 6.45) is 0. The number of aromatic nitrogens is 2. The van der Waals surface area contributed by atoms with E-state index < -0.39 is 0 Å². The first-order valence-corrected chi connectivity index (χ1v) is 10.9. The van der Waals surface area contributed by atoms with E-state index in [9.17, 15) is 4.79 Å². The van der Waals surface area contributed by atoms with Crippen LogP contribution in [0.15, 0.2) is 41.0 Å². The van der Waals surface area contributed by atoms with Gasteiger partial charge in [-0.05, 0) is 60.9 Å². The lowest BCUT2D eigenvalue weighted by Gasteiger charge is -2.11. The van der Waals surface area contributed by atoms with Gasteiger partial charge in [-0.25, -0.2) is 4.63 Å². The second kappa shape index (κ2) is 8.95. The van der Waals surface area contributed by atoms with E-state index in [1.165, 1.54) is 11.3 Å². The maximum Gasteiger partial charge on any atom is 0.268 e. The van der Waals surface area contributed by atoms with Gasteiger partial charge in [0.05, 0.1) is 18.2 Å². The highest BCUT2D eigenvalue weighted by Crippen LogP contribution is 2.37. The molecular weight excluding hydrogens is 438 g/mol. The predicted octanol–water partition coefficient (Wildman–Crippen LogP) is 5.96. The van der Waals surface area contributed by atoms with Crippen molar-refractivity contribution in [1.82, 2.24) is 10.3 Å². The third-order valence-corrected chi connectivity index (χ3v) is 6.18. The first kappa shape index (κ1) is 21.1. The average molecular weight is 458 g/mol. The van der Waals surface area contributed by atoms with Crippen molar-refractivity contribution in [1.29, 1.82) is 0 Å². The molecule has 2 aromatic carbocycles. The van der Waals surface area contributed by atoms with Crippen LogP contribution in [0.4, 0.5) is 5.82 Å². The number of anilines is 1. The van der Waals surface area contributed by atoms with E-state index in [0.717, 1.165) is 15.6 Å². The normalized spacial score (nSPS) is 11.0. The molecule has 0 atom stereocenters. The van der Waals surface area contributed by atoms with Crippen molar-refractivity contribution in [2.75, 3.05) is 18.5 Å². The van der Waals surface area contributed by atoms with Crippen LogP contribution in [0.1, 0.15) is 29.1 Å². The number of halogens is 1. The van der Waals surface area contributed by atoms with Gasteiger partial charge in [-0.3, -0.25) is 4.79 Å². The van der Waals surface area contributed by atoms with Crippen LogP contribution in [0.2, 0.25) is 5.02 Å². The molecule has 0 saturated carbocycles. The first-order valence-electron chi connectivity index (χ1n) is 9.74. The highest BCUT2D eigenvalue weighted by atomic mass is 35.5. The number of ether oxygens (including phenoxy) is 2. The zero-order valence-electron chi connectivity index (χ0n) is 17.2. The summed E-state index contributed by atoms with van der Waals surface area (Å²) in [5, 5.41) is 11.8. The van der Waals surface area contributed by atoms with E-state index >= 15 is 0 Å². The van der Waals surface area contributed by atoms with Gasteiger partial charge < -0.3 is 14.8 Å². The van der Waals surface area contributed by atoms with Gasteiger partial charge in [-0.2, -0.15) is 0 Å². The first-order chi connectivity index (χ1) is 15.0. The number of rotatable bonds is 7. The molecule has 9 heteroatoms. The Morgan fingerprint density at radius 1 is 1.10 bits per heavy atom. The van der Waals surface area contributed by atoms with Crippen LogP contribution in [0.3, 0.4) is 0 Å². The fourth-order valence-corrected chi connectivity index (χ4v) is 4.65. The summed E-state index contributed by atoms with van der Waals surface area (Å²) in [5.74, 6) is 1.02. The van der Waals surface area contributed by atoms with Gasteiger partial charge in [0, 0.05) is 15.6 Å². The number of nitrogens with one attached hydrogen (secondary N) is 1. The predicted molar refractivity (Wildman–Crippen MR) is 122 cm³/mol. The Labute approximate surface area is 187 Å². The number of carbonyl (C=O) groups is 1. The van der Waals surface area contributed by atoms with Crippen molar-refractivity contribution in [3.05, 3.63) is 51.9 Å². The number of fused-ring (bicyclic) bond motifs is 1. The van der Waals surface area contributed by atoms with Crippen LogP contribution in [0.5, 0.6) is 11.5 Å². The molecule has 0 bridgehead atoms. The molecule has 0 aliphatic carbocycles. The van der Waals surface area contributed by atoms with Crippen LogP contribution in [-0.4, -0.2) is 29.4 Å². The Morgan fingerprint density at radius 3 is 2.65 bits per heavy atom. The summed E-state index contributed by atoms with van der Waals surface area (Å²) in [5.41, 5.74) is 2.15. The molecule has 2 aromatic heterocycles. The summed E-state index contributed by atoms with van der Waals surface area (Å²) < 4.78 is 17.1. The van der Waals surface area contributed by atoms with Gasteiger partial charge in [0.1, 0.15) is 4.88 Å². The van der Waals surface area contributed by atoms with Crippen molar-refractivity contribution >= 4 is 44.7 Å². The summed E-state index contributed by atoms with van der Waals surface area (Å²) >= 11 is 7.79. The summed E-state index contributed by atoms with van der Waals surface area (Å²) in [6, 6.07) is 11.2. The SMILES string of the molecule is CCOc1ccc(-c2nonc2NC(=O)c2sc3cc(C)ccc3c2Cl)cc1OCC. The Bertz CT molecular complexity index is 1250. The topological polar surface area (TPSA) is 86.5 Å². The molecule has 0 aliphatic heterocycles. The molecule has 0 fully saturated rings. The van der Waals surface area contributed by atoms with Gasteiger partial charge in [0.25, 0.3) is 5.91 Å². The minimum Gasteiger partial charge on any atom is -0.490 e. The third kappa shape index (κ3) is 4.22. The third-order valence-electron chi connectivity index (χ3n) is 4.53. The fourth-order valence-electron chi connectivity index (χ4n) is 3.14. The molecule has 1 amide bonds. The highest BCUT2D eigenvalue weighted by Gasteiger charge is 2.22. The van der Waals surface area contributed by atoms with Gasteiger partial charge in [-0.15, -0.1) is 11.3 Å². The molecule has 31 heavy (non-hydrogen) atoms. The molecule has 160 valence electrons. The Kier molecular flexibility index (Phi) is 6.11. The van der Waals surface area contributed by atoms with Gasteiger partial charge in [-0.1, -0.05) is 23.7 Å². The van der Waals surface area contributed by atoms with Crippen molar-refractivity contribution in [3.8, 4) is 22.8 Å². The Hall–Kier alpha value is -3.10. The number of nitrogens with zero attached hydrogens (tertiary/aromatic N) is 2. The lowest BCUT2D eigenvalue weighted by Crippen LogP contribution is -2.11. The van der Waals surface area contributed by atoms with Crippen molar-refractivity contribution in [2.45, 2.75) is 20.8 Å². The van der Waals surface area contributed by atoms with Crippen LogP contribution in [0.25, 0.3) is 21.3 Å². The highest BCUT2D eigenvalue weighted by molar-refractivity contribution is 7.21. The van der Waals surface area contributed by atoms with Gasteiger partial charge in [0.2, 0.25) is 5.82 Å². The second-order valence-electron chi connectivity index (χ2n) is 6.69. The molecule has 0 radical (unpaired) electrons. The zero-order valence-corrected chi connectivity index (χ0v) is 18.8. The van der Waals surface area contributed by atoms with E-state index in [-0.39, 0.29) is 11.7 Å². The number of thiophene rings is 1. The quantitative estimate of drug-likeness (QED) is 0.368. The van der Waals surface area contributed by atoms with E-state index in [4.69, 9.17) is 25.7 Å². The molecule has 7 nitrogen and oxygen atoms in total. The minimum atomic E-state index is -0.378. The standard InChI is InChI=1S/C22H20ClN3O4S/c1-4-28-15-9-7-13(11-16(15)29-5-2)19-21(26-30-25-19)24-22(27)20-18(23)14-8-6-12(3)10-17(14)31-20/h6-11H,4-5H2,1-3H3,(H,24,26,27). The number of aryl methyl sites for hydroxylation is 1. The van der Waals surface area contributed by atoms with E-state index in [1.807, 2.05) is 39.0 Å². The van der Waals surface area contributed by atoms with Crippen LogP contribution < -0.4 is 14.8 Å². The maximum absolute atomic E-state index is 12.9. The molecule has 0 aliphatic rings. The molecule has 4 aromatic rings. The number of hydrogen-bond donors (Lipinski definition) is 1. The lowest BCUT2D eigenvalue weighted by molar-refractivity contribution is 0.102. The van der Waals surface area contributed by atoms with Gasteiger partial charge in [0.15, 0.2) is 17.2 Å². The average Bonchev–Trinajstić information content (AvgIpc) is 3.34. The largest absolute Gasteiger partial charge is 0.490 e. The molecular formula is C22H20ClN3O4S. The van der Waals surface area contributed by atoms with Gasteiger partial charge >= 0.3 is 0 Å². The van der Waals surface area contributed by atoms with Crippen LogP contribution in [-0.2, 0) is 0 Å². The Balaban J connectivity index is 1.64. The second-order valence-corrected chi connectivity index (χ2v) is 8.12. The molecule has 0 unspecified atom stereocenters. The van der Waals surface area contributed by atoms with Crippen LogP contribution in [0, 0.1) is 6.92 Å².